The summed E-state index contributed by atoms with van der Waals surface area (Å²) >= 11 is 0. The van der Waals surface area contributed by atoms with Gasteiger partial charge < -0.3 is 10.1 Å². The highest BCUT2D eigenvalue weighted by Gasteiger charge is 2.53. The number of hydrogen-bond acceptors (Lipinski definition) is 2. The summed E-state index contributed by atoms with van der Waals surface area (Å²) in [5.74, 6) is 0.890. The first-order chi connectivity index (χ1) is 15.7. The first kappa shape index (κ1) is 24.6. The molecule has 0 bridgehead atoms. The van der Waals surface area contributed by atoms with E-state index in [4.69, 9.17) is 4.74 Å². The molecule has 0 unspecified atom stereocenters. The van der Waals surface area contributed by atoms with E-state index in [2.05, 4.69) is 128 Å². The third-order valence-electron chi connectivity index (χ3n) is 7.50. The Kier molecular flexibility index (Phi) is 5.80. The van der Waals surface area contributed by atoms with Gasteiger partial charge in [-0.25, -0.2) is 0 Å². The van der Waals surface area contributed by atoms with Crippen LogP contribution >= 0.6 is 0 Å². The fraction of sp³-hybridized carbons (Fsp3) is 0.419. The van der Waals surface area contributed by atoms with Crippen LogP contribution in [0.4, 0.5) is 11.4 Å². The summed E-state index contributed by atoms with van der Waals surface area (Å²) < 4.78 is 5.63. The zero-order chi connectivity index (χ0) is 25.1. The molecule has 3 aromatic carbocycles. The van der Waals surface area contributed by atoms with E-state index in [9.17, 15) is 0 Å². The molecule has 1 heterocycles. The van der Waals surface area contributed by atoms with Gasteiger partial charge >= 0.3 is 0 Å². The Labute approximate surface area is 207 Å². The molecule has 0 amide bonds. The molecule has 2 nitrogen and oxygen atoms in total. The molecule has 3 aromatic rings. The third kappa shape index (κ3) is 3.88. The highest BCUT2D eigenvalue weighted by atomic mass is 28.3. The Morgan fingerprint density at radius 1 is 0.618 bits per heavy atom. The Bertz CT molecular complexity index is 1210. The van der Waals surface area contributed by atoms with Crippen LogP contribution in [0.1, 0.15) is 73.4 Å². The summed E-state index contributed by atoms with van der Waals surface area (Å²) in [6.07, 6.45) is 0. The topological polar surface area (TPSA) is 21.3 Å². The highest BCUT2D eigenvalue weighted by molar-refractivity contribution is 7.15. The standard InChI is InChI=1S/C31H41NOSi/c1-29(2,3)21-11-15-24(16-12-21)34(31(7,8)9)27-17-13-22(30(4,5)6)19-25(27)32-26-20-23(33-10)14-18-28(26)34/h11-20,32H,1-10H3/t34-/m0/s1. The molecule has 4 rings (SSSR count). The molecule has 0 aliphatic carbocycles. The normalized spacial score (nSPS) is 18.1. The van der Waals surface area contributed by atoms with Crippen molar-refractivity contribution in [2.75, 3.05) is 12.4 Å². The average molecular weight is 472 g/mol. The zero-order valence-corrected chi connectivity index (χ0v) is 23.7. The molecule has 3 heteroatoms. The molecule has 1 atom stereocenters. The minimum Gasteiger partial charge on any atom is -0.497 e. The number of ether oxygens (including phenoxy) is 1. The molecule has 0 fully saturated rings. The van der Waals surface area contributed by atoms with Crippen molar-refractivity contribution in [3.63, 3.8) is 0 Å². The molecule has 1 aliphatic heterocycles. The first-order valence-corrected chi connectivity index (χ1v) is 14.4. The van der Waals surface area contributed by atoms with Crippen molar-refractivity contribution in [2.45, 2.75) is 78.2 Å². The smallest absolute Gasteiger partial charge is 0.158 e. The molecule has 1 aliphatic rings. The van der Waals surface area contributed by atoms with Crippen molar-refractivity contribution >= 4 is 35.0 Å². The van der Waals surface area contributed by atoms with Gasteiger partial charge in [0.2, 0.25) is 0 Å². The number of hydrogen-bond donors (Lipinski definition) is 1. The number of anilines is 2. The van der Waals surface area contributed by atoms with Gasteiger partial charge in [0.25, 0.3) is 0 Å². The number of benzene rings is 3. The molecule has 0 aromatic heterocycles. The van der Waals surface area contributed by atoms with Crippen LogP contribution < -0.4 is 25.6 Å². The quantitative estimate of drug-likeness (QED) is 0.424. The van der Waals surface area contributed by atoms with E-state index < -0.39 is 8.07 Å². The Morgan fingerprint density at radius 2 is 1.12 bits per heavy atom. The Hall–Kier alpha value is -2.52. The van der Waals surface area contributed by atoms with Crippen LogP contribution in [0.5, 0.6) is 5.75 Å². The van der Waals surface area contributed by atoms with Crippen LogP contribution in [0.2, 0.25) is 5.04 Å². The molecule has 180 valence electrons. The van der Waals surface area contributed by atoms with E-state index in [1.165, 1.54) is 38.1 Å². The summed E-state index contributed by atoms with van der Waals surface area (Å²) in [7, 11) is -0.674. The van der Waals surface area contributed by atoms with E-state index in [-0.39, 0.29) is 15.9 Å². The first-order valence-electron chi connectivity index (χ1n) is 12.4. The monoisotopic (exact) mass is 471 g/mol. The Morgan fingerprint density at radius 3 is 1.62 bits per heavy atom. The third-order valence-corrected chi connectivity index (χ3v) is 13.4. The Balaban J connectivity index is 2.08. The van der Waals surface area contributed by atoms with Crippen LogP contribution in [0.25, 0.3) is 0 Å². The molecule has 1 N–H and O–H groups in total. The van der Waals surface area contributed by atoms with Gasteiger partial charge in [-0.1, -0.05) is 105 Å². The predicted molar refractivity (Wildman–Crippen MR) is 151 cm³/mol. The lowest BCUT2D eigenvalue weighted by atomic mass is 9.87. The van der Waals surface area contributed by atoms with Gasteiger partial charge in [-0.2, -0.15) is 0 Å². The van der Waals surface area contributed by atoms with Crippen molar-refractivity contribution in [2.24, 2.45) is 0 Å². The second kappa shape index (κ2) is 8.02. The van der Waals surface area contributed by atoms with Gasteiger partial charge in [-0.3, -0.25) is 0 Å². The maximum atomic E-state index is 5.63. The summed E-state index contributed by atoms with van der Waals surface area (Å²) in [4.78, 5) is 0. The van der Waals surface area contributed by atoms with Crippen molar-refractivity contribution in [1.82, 2.24) is 0 Å². The van der Waals surface area contributed by atoms with Crippen molar-refractivity contribution in [1.29, 1.82) is 0 Å². The van der Waals surface area contributed by atoms with Crippen LogP contribution in [0.3, 0.4) is 0 Å². The second-order valence-corrected chi connectivity index (χ2v) is 17.5. The van der Waals surface area contributed by atoms with Gasteiger partial charge in [0, 0.05) is 17.4 Å². The fourth-order valence-corrected chi connectivity index (χ4v) is 11.4. The van der Waals surface area contributed by atoms with Gasteiger partial charge in [0.15, 0.2) is 8.07 Å². The molecular weight excluding hydrogens is 430 g/mol. The summed E-state index contributed by atoms with van der Waals surface area (Å²) in [6, 6.07) is 23.3. The highest BCUT2D eigenvalue weighted by Crippen LogP contribution is 2.42. The van der Waals surface area contributed by atoms with Crippen LogP contribution in [0.15, 0.2) is 60.7 Å². The zero-order valence-electron chi connectivity index (χ0n) is 22.7. The van der Waals surface area contributed by atoms with E-state index in [1.807, 2.05) is 0 Å². The minimum atomic E-state index is -2.42. The van der Waals surface area contributed by atoms with E-state index >= 15 is 0 Å². The average Bonchev–Trinajstić information content (AvgIpc) is 2.74. The van der Waals surface area contributed by atoms with Gasteiger partial charge in [-0.05, 0) is 54.7 Å². The van der Waals surface area contributed by atoms with Crippen LogP contribution in [-0.4, -0.2) is 15.2 Å². The van der Waals surface area contributed by atoms with Crippen molar-refractivity contribution in [3.8, 4) is 5.75 Å². The lowest BCUT2D eigenvalue weighted by molar-refractivity contribution is 0.415. The number of rotatable bonds is 2. The van der Waals surface area contributed by atoms with Crippen LogP contribution in [0, 0.1) is 0 Å². The minimum absolute atomic E-state index is 0.0552. The van der Waals surface area contributed by atoms with E-state index in [0.717, 1.165) is 5.75 Å². The maximum Gasteiger partial charge on any atom is 0.158 e. The lowest BCUT2D eigenvalue weighted by Gasteiger charge is -2.49. The second-order valence-electron chi connectivity index (χ2n) is 12.9. The summed E-state index contributed by atoms with van der Waals surface area (Å²) in [5.41, 5.74) is 5.38. The fourth-order valence-electron chi connectivity index (χ4n) is 5.58. The summed E-state index contributed by atoms with van der Waals surface area (Å²) in [5, 5.41) is 8.23. The largest absolute Gasteiger partial charge is 0.497 e. The SMILES string of the molecule is COc1ccc2c(c1)Nc1cc(C(C)(C)C)ccc1[Si@]2(c1ccc(C(C)(C)C)cc1)C(C)(C)C. The number of nitrogens with one attached hydrogen (secondary N) is 1. The van der Waals surface area contributed by atoms with Crippen molar-refractivity contribution < 1.29 is 4.74 Å². The molecule has 0 saturated heterocycles. The van der Waals surface area contributed by atoms with Crippen LogP contribution in [-0.2, 0) is 10.8 Å². The number of methoxy groups -OCH3 is 1. The molecule has 0 spiro atoms. The van der Waals surface area contributed by atoms with Crippen molar-refractivity contribution in [3.05, 3.63) is 71.8 Å². The number of fused-ring (bicyclic) bond motifs is 2. The van der Waals surface area contributed by atoms with Gasteiger partial charge in [0.05, 0.1) is 7.11 Å². The molecular formula is C31H41NOSi. The van der Waals surface area contributed by atoms with Gasteiger partial charge in [-0.15, -0.1) is 0 Å². The molecule has 34 heavy (non-hydrogen) atoms. The van der Waals surface area contributed by atoms with Gasteiger partial charge in [0.1, 0.15) is 5.75 Å². The lowest BCUT2D eigenvalue weighted by Crippen LogP contribution is -2.74. The molecule has 0 radical (unpaired) electrons. The van der Waals surface area contributed by atoms with E-state index in [0.29, 0.717) is 0 Å². The maximum absolute atomic E-state index is 5.63. The predicted octanol–water partition coefficient (Wildman–Crippen LogP) is 6.62. The molecule has 0 saturated carbocycles. The summed E-state index contributed by atoms with van der Waals surface area (Å²) in [6.45, 7) is 21.0. The van der Waals surface area contributed by atoms with E-state index in [1.54, 1.807) is 7.11 Å².